The fourth-order valence-corrected chi connectivity index (χ4v) is 3.23. The van der Waals surface area contributed by atoms with Crippen LogP contribution >= 0.6 is 35.0 Å². The minimum atomic E-state index is -0.250. The monoisotopic (exact) mass is 396 g/mol. The highest BCUT2D eigenvalue weighted by Gasteiger charge is 2.16. The summed E-state index contributed by atoms with van der Waals surface area (Å²) in [6, 6.07) is 12.5. The molecule has 0 aliphatic rings. The molecule has 0 unspecified atom stereocenters. The van der Waals surface area contributed by atoms with Gasteiger partial charge in [0.1, 0.15) is 0 Å². The van der Waals surface area contributed by atoms with E-state index in [0.717, 1.165) is 10.6 Å². The van der Waals surface area contributed by atoms with Gasteiger partial charge in [0.15, 0.2) is 0 Å². The number of para-hydroxylation sites is 1. The largest absolute Gasteiger partial charge is 0.336 e. The molecule has 0 aliphatic heterocycles. The normalized spacial score (nSPS) is 10.4. The van der Waals surface area contributed by atoms with Gasteiger partial charge in [-0.2, -0.15) is 0 Å². The van der Waals surface area contributed by atoms with Gasteiger partial charge in [0, 0.05) is 22.0 Å². The first-order valence-corrected chi connectivity index (χ1v) is 9.49. The zero-order valence-electron chi connectivity index (χ0n) is 13.9. The zero-order valence-corrected chi connectivity index (χ0v) is 16.2. The summed E-state index contributed by atoms with van der Waals surface area (Å²) in [5.41, 5.74) is 1.41. The molecule has 25 heavy (non-hydrogen) atoms. The van der Waals surface area contributed by atoms with Gasteiger partial charge in [-0.3, -0.25) is 9.59 Å². The molecule has 0 saturated heterocycles. The maximum atomic E-state index is 12.3. The van der Waals surface area contributed by atoms with Crippen LogP contribution in [0.15, 0.2) is 47.4 Å². The van der Waals surface area contributed by atoms with E-state index in [0.29, 0.717) is 15.6 Å². The van der Waals surface area contributed by atoms with E-state index in [4.69, 9.17) is 23.2 Å². The van der Waals surface area contributed by atoms with Crippen LogP contribution in [-0.2, 0) is 16.0 Å². The number of benzene rings is 2. The van der Waals surface area contributed by atoms with Crippen LogP contribution in [0.4, 0.5) is 5.69 Å². The third-order valence-electron chi connectivity index (χ3n) is 3.54. The summed E-state index contributed by atoms with van der Waals surface area (Å²) in [6.07, 6.45) is 2.05. The SMILES string of the molecule is CSc1ccccc1NC(=O)CN(C)C(=O)Cc1ccc(Cl)cc1Cl. The van der Waals surface area contributed by atoms with Crippen molar-refractivity contribution in [3.05, 3.63) is 58.1 Å². The number of likely N-dealkylation sites (N-methyl/N-ethyl adjacent to an activating group) is 1. The van der Waals surface area contributed by atoms with Crippen molar-refractivity contribution in [3.8, 4) is 0 Å². The first-order chi connectivity index (χ1) is 11.9. The van der Waals surface area contributed by atoms with Gasteiger partial charge >= 0.3 is 0 Å². The zero-order chi connectivity index (χ0) is 18.4. The predicted octanol–water partition coefficient (Wildman–Crippen LogP) is 4.35. The molecule has 0 aliphatic carbocycles. The molecule has 0 atom stereocenters. The molecule has 0 aromatic heterocycles. The van der Waals surface area contributed by atoms with Crippen molar-refractivity contribution in [1.29, 1.82) is 0 Å². The third-order valence-corrected chi connectivity index (χ3v) is 4.93. The highest BCUT2D eigenvalue weighted by atomic mass is 35.5. The second-order valence-corrected chi connectivity index (χ2v) is 7.10. The van der Waals surface area contributed by atoms with Gasteiger partial charge < -0.3 is 10.2 Å². The molecule has 2 aromatic rings. The molecule has 2 rings (SSSR count). The second-order valence-electron chi connectivity index (χ2n) is 5.41. The number of carbonyl (C=O) groups is 2. The van der Waals surface area contributed by atoms with Crippen LogP contribution < -0.4 is 5.32 Å². The van der Waals surface area contributed by atoms with Gasteiger partial charge in [0.25, 0.3) is 0 Å². The van der Waals surface area contributed by atoms with Crippen LogP contribution in [0.25, 0.3) is 0 Å². The number of nitrogens with one attached hydrogen (secondary N) is 1. The van der Waals surface area contributed by atoms with Crippen LogP contribution in [0.1, 0.15) is 5.56 Å². The van der Waals surface area contributed by atoms with Crippen molar-refractivity contribution >= 4 is 52.5 Å². The van der Waals surface area contributed by atoms with Gasteiger partial charge in [0.05, 0.1) is 18.7 Å². The van der Waals surface area contributed by atoms with Gasteiger partial charge in [-0.05, 0) is 36.1 Å². The summed E-state index contributed by atoms with van der Waals surface area (Å²) >= 11 is 13.5. The molecular formula is C18H18Cl2N2O2S. The summed E-state index contributed by atoms with van der Waals surface area (Å²) < 4.78 is 0. The average molecular weight is 397 g/mol. The summed E-state index contributed by atoms with van der Waals surface area (Å²) in [5.74, 6) is -0.447. The first kappa shape index (κ1) is 19.6. The summed E-state index contributed by atoms with van der Waals surface area (Å²) in [7, 11) is 1.59. The lowest BCUT2D eigenvalue weighted by Gasteiger charge is -2.18. The molecule has 2 aromatic carbocycles. The number of hydrogen-bond acceptors (Lipinski definition) is 3. The van der Waals surface area contributed by atoms with Crippen LogP contribution in [0.2, 0.25) is 10.0 Å². The van der Waals surface area contributed by atoms with E-state index in [-0.39, 0.29) is 24.8 Å². The van der Waals surface area contributed by atoms with Crippen LogP contribution in [0.3, 0.4) is 0 Å². The molecule has 1 N–H and O–H groups in total. The Labute approximate surface area is 161 Å². The second kappa shape index (κ2) is 9.13. The van der Waals surface area contributed by atoms with Crippen molar-refractivity contribution in [2.24, 2.45) is 0 Å². The van der Waals surface area contributed by atoms with Crippen molar-refractivity contribution in [1.82, 2.24) is 4.90 Å². The number of nitrogens with zero attached hydrogens (tertiary/aromatic N) is 1. The Bertz CT molecular complexity index is 783. The molecule has 0 heterocycles. The van der Waals surface area contributed by atoms with Crippen molar-refractivity contribution in [2.75, 3.05) is 25.2 Å². The standard InChI is InChI=1S/C18H18Cl2N2O2S/c1-22(18(24)9-12-7-8-13(19)10-14(12)20)11-17(23)21-15-5-3-4-6-16(15)25-2/h3-8,10H,9,11H2,1-2H3,(H,21,23). The van der Waals surface area contributed by atoms with E-state index in [9.17, 15) is 9.59 Å². The third kappa shape index (κ3) is 5.66. The smallest absolute Gasteiger partial charge is 0.244 e. The number of halogens is 2. The van der Waals surface area contributed by atoms with E-state index in [1.807, 2.05) is 30.5 Å². The van der Waals surface area contributed by atoms with Crippen molar-refractivity contribution in [3.63, 3.8) is 0 Å². The molecular weight excluding hydrogens is 379 g/mol. The summed E-state index contributed by atoms with van der Waals surface area (Å²) in [5, 5.41) is 3.79. The van der Waals surface area contributed by atoms with Gasteiger partial charge in [-0.1, -0.05) is 41.4 Å². The maximum Gasteiger partial charge on any atom is 0.244 e. The number of thioether (sulfide) groups is 1. The molecule has 0 bridgehead atoms. The first-order valence-electron chi connectivity index (χ1n) is 7.51. The number of anilines is 1. The van der Waals surface area contributed by atoms with Crippen LogP contribution in [-0.4, -0.2) is 36.6 Å². The molecule has 0 radical (unpaired) electrons. The minimum Gasteiger partial charge on any atom is -0.336 e. The predicted molar refractivity (Wildman–Crippen MR) is 105 cm³/mol. The molecule has 0 saturated carbocycles. The fourth-order valence-electron chi connectivity index (χ4n) is 2.20. The number of carbonyl (C=O) groups excluding carboxylic acids is 2. The molecule has 2 amide bonds. The van der Waals surface area contributed by atoms with Gasteiger partial charge in [0.2, 0.25) is 11.8 Å². The highest BCUT2D eigenvalue weighted by molar-refractivity contribution is 7.98. The average Bonchev–Trinajstić information content (AvgIpc) is 2.57. The lowest BCUT2D eigenvalue weighted by molar-refractivity contribution is -0.132. The maximum absolute atomic E-state index is 12.3. The Morgan fingerprint density at radius 3 is 2.56 bits per heavy atom. The Hall–Kier alpha value is -1.69. The lowest BCUT2D eigenvalue weighted by Crippen LogP contribution is -2.35. The molecule has 0 spiro atoms. The Morgan fingerprint density at radius 1 is 1.16 bits per heavy atom. The summed E-state index contributed by atoms with van der Waals surface area (Å²) in [4.78, 5) is 26.9. The Morgan fingerprint density at radius 2 is 1.88 bits per heavy atom. The molecule has 4 nitrogen and oxygen atoms in total. The van der Waals surface area contributed by atoms with E-state index < -0.39 is 0 Å². The molecule has 7 heteroatoms. The van der Waals surface area contributed by atoms with Crippen molar-refractivity contribution < 1.29 is 9.59 Å². The lowest BCUT2D eigenvalue weighted by atomic mass is 10.1. The molecule has 132 valence electrons. The highest BCUT2D eigenvalue weighted by Crippen LogP contribution is 2.24. The Balaban J connectivity index is 1.95. The summed E-state index contributed by atoms with van der Waals surface area (Å²) in [6.45, 7) is -0.0350. The number of hydrogen-bond donors (Lipinski definition) is 1. The number of amides is 2. The quantitative estimate of drug-likeness (QED) is 0.738. The van der Waals surface area contributed by atoms with E-state index in [1.165, 1.54) is 4.90 Å². The van der Waals surface area contributed by atoms with E-state index in [2.05, 4.69) is 5.32 Å². The fraction of sp³-hybridized carbons (Fsp3) is 0.222. The van der Waals surface area contributed by atoms with E-state index >= 15 is 0 Å². The molecule has 0 fully saturated rings. The van der Waals surface area contributed by atoms with Crippen LogP contribution in [0, 0.1) is 0 Å². The number of rotatable bonds is 6. The van der Waals surface area contributed by atoms with Gasteiger partial charge in [-0.15, -0.1) is 11.8 Å². The Kier molecular flexibility index (Phi) is 7.17. The minimum absolute atomic E-state index is 0.0350. The van der Waals surface area contributed by atoms with E-state index in [1.54, 1.807) is 37.0 Å². The van der Waals surface area contributed by atoms with Crippen molar-refractivity contribution in [2.45, 2.75) is 11.3 Å². The van der Waals surface area contributed by atoms with Gasteiger partial charge in [-0.25, -0.2) is 0 Å². The topological polar surface area (TPSA) is 49.4 Å². The van der Waals surface area contributed by atoms with Crippen LogP contribution in [0.5, 0.6) is 0 Å².